The molecule has 3 nitrogen and oxygen atoms in total. The summed E-state index contributed by atoms with van der Waals surface area (Å²) in [5.41, 5.74) is 7.31. The molecule has 2 aromatic carbocycles. The Morgan fingerprint density at radius 1 is 1.11 bits per heavy atom. The lowest BCUT2D eigenvalue weighted by atomic mass is 9.80. The van der Waals surface area contributed by atoms with Crippen LogP contribution in [0.4, 0.5) is 0 Å². The van der Waals surface area contributed by atoms with Crippen LogP contribution in [0, 0.1) is 25.2 Å². The van der Waals surface area contributed by atoms with E-state index in [4.69, 9.17) is 9.72 Å². The normalized spacial score (nSPS) is 17.8. The van der Waals surface area contributed by atoms with Crippen molar-refractivity contribution in [1.82, 2.24) is 4.98 Å². The van der Waals surface area contributed by atoms with Gasteiger partial charge in [-0.3, -0.25) is 4.98 Å². The molecule has 0 saturated heterocycles. The lowest BCUT2D eigenvalue weighted by Crippen LogP contribution is -2.25. The Morgan fingerprint density at radius 2 is 1.89 bits per heavy atom. The summed E-state index contributed by atoms with van der Waals surface area (Å²) >= 11 is 0. The molecule has 0 spiro atoms. The van der Waals surface area contributed by atoms with Crippen LogP contribution >= 0.6 is 0 Å². The van der Waals surface area contributed by atoms with Gasteiger partial charge >= 0.3 is 0 Å². The van der Waals surface area contributed by atoms with E-state index in [-0.39, 0.29) is 0 Å². The molecule has 140 valence electrons. The van der Waals surface area contributed by atoms with Crippen molar-refractivity contribution in [2.45, 2.75) is 38.5 Å². The first kappa shape index (κ1) is 18.3. The maximum absolute atomic E-state index is 10.2. The standard InChI is InChI=1S/C25H24N2O/c1-17-18(2)27-24-22(23(17)20-10-7-11-21(14-20)28-3)12-13-25(24,16-26)15-19-8-5-4-6-9-19/h4-11,14H,12-13,15H2,1-3H3. The van der Waals surface area contributed by atoms with Gasteiger partial charge < -0.3 is 4.74 Å². The Bertz CT molecular complexity index is 1070. The highest BCUT2D eigenvalue weighted by atomic mass is 16.5. The SMILES string of the molecule is COc1cccc(-c2c(C)c(C)nc3c2CCC3(C#N)Cc2ccccc2)c1. The molecule has 0 aliphatic heterocycles. The number of nitrogens with zero attached hydrogens (tertiary/aromatic N) is 2. The summed E-state index contributed by atoms with van der Waals surface area (Å²) in [7, 11) is 1.69. The minimum atomic E-state index is -0.567. The number of methoxy groups -OCH3 is 1. The lowest BCUT2D eigenvalue weighted by Gasteiger charge is -2.23. The van der Waals surface area contributed by atoms with Crippen molar-refractivity contribution in [2.24, 2.45) is 0 Å². The number of fused-ring (bicyclic) bond motifs is 1. The Balaban J connectivity index is 1.89. The van der Waals surface area contributed by atoms with E-state index < -0.39 is 5.41 Å². The van der Waals surface area contributed by atoms with Gasteiger partial charge in [-0.05, 0) is 73.1 Å². The van der Waals surface area contributed by atoms with Crippen molar-refractivity contribution in [3.63, 3.8) is 0 Å². The predicted octanol–water partition coefficient (Wildman–Crippen LogP) is 5.32. The smallest absolute Gasteiger partial charge is 0.119 e. The van der Waals surface area contributed by atoms with Crippen LogP contribution in [0.5, 0.6) is 5.75 Å². The largest absolute Gasteiger partial charge is 0.497 e. The zero-order valence-corrected chi connectivity index (χ0v) is 16.6. The van der Waals surface area contributed by atoms with Gasteiger partial charge in [-0.25, -0.2) is 0 Å². The van der Waals surface area contributed by atoms with E-state index in [2.05, 4.69) is 37.3 Å². The van der Waals surface area contributed by atoms with Crippen molar-refractivity contribution in [1.29, 1.82) is 5.26 Å². The van der Waals surface area contributed by atoms with Crippen LogP contribution in [-0.2, 0) is 18.3 Å². The average Bonchev–Trinajstić information content (AvgIpc) is 3.07. The van der Waals surface area contributed by atoms with Gasteiger partial charge in [-0.1, -0.05) is 42.5 Å². The molecule has 28 heavy (non-hydrogen) atoms. The van der Waals surface area contributed by atoms with E-state index in [9.17, 15) is 5.26 Å². The minimum Gasteiger partial charge on any atom is -0.497 e. The van der Waals surface area contributed by atoms with Crippen LogP contribution in [0.25, 0.3) is 11.1 Å². The maximum Gasteiger partial charge on any atom is 0.119 e. The van der Waals surface area contributed by atoms with Crippen LogP contribution in [0.3, 0.4) is 0 Å². The van der Waals surface area contributed by atoms with E-state index in [1.54, 1.807) is 7.11 Å². The van der Waals surface area contributed by atoms with Gasteiger partial charge in [0.1, 0.15) is 11.2 Å². The molecule has 4 rings (SSSR count). The fourth-order valence-electron chi connectivity index (χ4n) is 4.37. The molecule has 0 N–H and O–H groups in total. The highest BCUT2D eigenvalue weighted by Gasteiger charge is 2.42. The van der Waals surface area contributed by atoms with E-state index >= 15 is 0 Å². The van der Waals surface area contributed by atoms with Crippen LogP contribution in [0.2, 0.25) is 0 Å². The Kier molecular flexibility index (Phi) is 4.65. The fourth-order valence-corrected chi connectivity index (χ4v) is 4.37. The predicted molar refractivity (Wildman–Crippen MR) is 111 cm³/mol. The second-order valence-electron chi connectivity index (χ2n) is 7.61. The van der Waals surface area contributed by atoms with Gasteiger partial charge in [-0.2, -0.15) is 5.26 Å². The van der Waals surface area contributed by atoms with Crippen LogP contribution in [0.15, 0.2) is 54.6 Å². The topological polar surface area (TPSA) is 45.9 Å². The molecule has 0 radical (unpaired) electrons. The van der Waals surface area contributed by atoms with Gasteiger partial charge in [0, 0.05) is 5.69 Å². The number of hydrogen-bond donors (Lipinski definition) is 0. The minimum absolute atomic E-state index is 0.567. The van der Waals surface area contributed by atoms with E-state index in [0.717, 1.165) is 35.5 Å². The van der Waals surface area contributed by atoms with Crippen molar-refractivity contribution < 1.29 is 4.74 Å². The summed E-state index contributed by atoms with van der Waals surface area (Å²) in [4.78, 5) is 4.95. The highest BCUT2D eigenvalue weighted by Crippen LogP contribution is 2.45. The number of rotatable bonds is 4. The first-order valence-electron chi connectivity index (χ1n) is 9.68. The maximum atomic E-state index is 10.2. The van der Waals surface area contributed by atoms with Crippen molar-refractivity contribution >= 4 is 0 Å². The first-order valence-corrected chi connectivity index (χ1v) is 9.68. The fraction of sp³-hybridized carbons (Fsp3) is 0.280. The molecule has 1 aliphatic rings. The second-order valence-corrected chi connectivity index (χ2v) is 7.61. The van der Waals surface area contributed by atoms with Gasteiger partial charge in [0.15, 0.2) is 0 Å². The average molecular weight is 368 g/mol. The number of aromatic nitrogens is 1. The summed E-state index contributed by atoms with van der Waals surface area (Å²) < 4.78 is 5.44. The van der Waals surface area contributed by atoms with Gasteiger partial charge in [0.05, 0.1) is 18.9 Å². The number of ether oxygens (including phenoxy) is 1. The van der Waals surface area contributed by atoms with Gasteiger partial charge in [0.2, 0.25) is 0 Å². The van der Waals surface area contributed by atoms with Crippen molar-refractivity contribution in [3.8, 4) is 22.9 Å². The number of benzene rings is 2. The number of hydrogen-bond acceptors (Lipinski definition) is 3. The van der Waals surface area contributed by atoms with Crippen molar-refractivity contribution in [3.05, 3.63) is 82.7 Å². The summed E-state index contributed by atoms with van der Waals surface area (Å²) in [6.07, 6.45) is 2.38. The quantitative estimate of drug-likeness (QED) is 0.626. The zero-order chi connectivity index (χ0) is 19.7. The molecule has 0 fully saturated rings. The third kappa shape index (κ3) is 2.96. The van der Waals surface area contributed by atoms with E-state index in [0.29, 0.717) is 6.42 Å². The highest BCUT2D eigenvalue weighted by molar-refractivity contribution is 5.75. The molecule has 3 aromatic rings. The molecule has 1 aromatic heterocycles. The molecule has 1 heterocycles. The van der Waals surface area contributed by atoms with Gasteiger partial charge in [-0.15, -0.1) is 0 Å². The summed E-state index contributed by atoms with van der Waals surface area (Å²) in [6.45, 7) is 4.17. The summed E-state index contributed by atoms with van der Waals surface area (Å²) in [5, 5.41) is 10.2. The zero-order valence-electron chi connectivity index (χ0n) is 16.6. The summed E-state index contributed by atoms with van der Waals surface area (Å²) in [5.74, 6) is 0.842. The molecule has 1 atom stereocenters. The Hall–Kier alpha value is -3.12. The Morgan fingerprint density at radius 3 is 2.61 bits per heavy atom. The van der Waals surface area contributed by atoms with E-state index in [1.165, 1.54) is 22.3 Å². The van der Waals surface area contributed by atoms with Crippen LogP contribution < -0.4 is 4.74 Å². The number of pyridine rings is 1. The lowest BCUT2D eigenvalue weighted by molar-refractivity contribution is 0.415. The molecule has 1 aliphatic carbocycles. The van der Waals surface area contributed by atoms with Gasteiger partial charge in [0.25, 0.3) is 0 Å². The Labute approximate surface area is 166 Å². The van der Waals surface area contributed by atoms with Crippen LogP contribution in [-0.4, -0.2) is 12.1 Å². The molecular formula is C25H24N2O. The molecule has 3 heteroatoms. The monoisotopic (exact) mass is 368 g/mol. The first-order chi connectivity index (χ1) is 13.6. The summed E-state index contributed by atoms with van der Waals surface area (Å²) in [6, 6.07) is 21.1. The molecule has 0 bridgehead atoms. The third-order valence-corrected chi connectivity index (χ3v) is 5.96. The third-order valence-electron chi connectivity index (χ3n) is 5.96. The molecular weight excluding hydrogens is 344 g/mol. The van der Waals surface area contributed by atoms with Crippen molar-refractivity contribution in [2.75, 3.05) is 7.11 Å². The van der Waals surface area contributed by atoms with E-state index in [1.807, 2.05) is 37.3 Å². The molecule has 1 unspecified atom stereocenters. The number of aryl methyl sites for hydroxylation is 1. The van der Waals surface area contributed by atoms with Crippen LogP contribution in [0.1, 0.15) is 34.5 Å². The molecule has 0 saturated carbocycles. The second kappa shape index (κ2) is 7.13. The number of nitriles is 1. The molecule has 0 amide bonds.